The van der Waals surface area contributed by atoms with E-state index in [-0.39, 0.29) is 28.6 Å². The number of carbonyl (C=O) groups excluding carboxylic acids is 3. The minimum Gasteiger partial charge on any atom is -0.504 e. The van der Waals surface area contributed by atoms with Crippen LogP contribution in [0.4, 0.5) is 0 Å². The summed E-state index contributed by atoms with van der Waals surface area (Å²) in [7, 11) is 0. The summed E-state index contributed by atoms with van der Waals surface area (Å²) in [5, 5.41) is 33.0. The van der Waals surface area contributed by atoms with E-state index in [1.807, 2.05) is 13.8 Å². The van der Waals surface area contributed by atoms with Crippen LogP contribution in [0.1, 0.15) is 79.4 Å². The standard InChI is InChI=1S/C34H48O13/c1-11-16(5)31(39)44-27-20(9)42-34(46-28-22(15(3)4)14-13-18(7)23(28)36)30(45-32(40)17(6)12-2)29(27)47-33-25(38)24(37)26(19(8)41-33)43-21(10)35/h11-15,19-20,24-27,29-30,33-34,36-38H,1-10H3. The van der Waals surface area contributed by atoms with Crippen LogP contribution in [0.25, 0.3) is 0 Å². The second-order valence-corrected chi connectivity index (χ2v) is 12.2. The molecule has 3 rings (SSSR count). The number of allylic oxidation sites excluding steroid dienone is 2. The van der Waals surface area contributed by atoms with E-state index in [9.17, 15) is 29.7 Å². The van der Waals surface area contributed by atoms with Crippen molar-refractivity contribution in [2.75, 3.05) is 0 Å². The number of hydrogen-bond donors (Lipinski definition) is 3. The molecule has 47 heavy (non-hydrogen) atoms. The second kappa shape index (κ2) is 16.1. The quantitative estimate of drug-likeness (QED) is 0.188. The highest BCUT2D eigenvalue weighted by molar-refractivity contribution is 5.88. The molecule has 0 saturated carbocycles. The van der Waals surface area contributed by atoms with E-state index in [1.165, 1.54) is 19.9 Å². The number of aryl methyl sites for hydroxylation is 1. The van der Waals surface area contributed by atoms with Crippen LogP contribution in [0.15, 0.2) is 35.4 Å². The molecular formula is C34H48O13. The van der Waals surface area contributed by atoms with Gasteiger partial charge in [0.15, 0.2) is 36.1 Å². The van der Waals surface area contributed by atoms with E-state index >= 15 is 0 Å². The van der Waals surface area contributed by atoms with Gasteiger partial charge in [0.1, 0.15) is 18.3 Å². The number of aliphatic hydroxyl groups is 2. The molecule has 2 heterocycles. The number of ether oxygens (including phenoxy) is 7. The third-order valence-corrected chi connectivity index (χ3v) is 8.31. The molecule has 2 aliphatic heterocycles. The summed E-state index contributed by atoms with van der Waals surface area (Å²) in [6.45, 7) is 16.2. The Morgan fingerprint density at radius 3 is 1.85 bits per heavy atom. The van der Waals surface area contributed by atoms with Gasteiger partial charge >= 0.3 is 17.9 Å². The van der Waals surface area contributed by atoms with Crippen molar-refractivity contribution >= 4 is 17.9 Å². The zero-order valence-corrected chi connectivity index (χ0v) is 28.6. The fourth-order valence-corrected chi connectivity index (χ4v) is 5.19. The van der Waals surface area contributed by atoms with Crippen molar-refractivity contribution in [3.8, 4) is 11.5 Å². The first-order valence-electron chi connectivity index (χ1n) is 15.7. The lowest BCUT2D eigenvalue weighted by molar-refractivity contribution is -0.348. The Morgan fingerprint density at radius 1 is 0.787 bits per heavy atom. The lowest BCUT2D eigenvalue weighted by Gasteiger charge is -2.47. The molecule has 2 fully saturated rings. The number of aromatic hydroxyl groups is 1. The molecule has 0 radical (unpaired) electrons. The van der Waals surface area contributed by atoms with Crippen LogP contribution in [0.2, 0.25) is 0 Å². The number of rotatable bonds is 10. The van der Waals surface area contributed by atoms with Gasteiger partial charge in [-0.1, -0.05) is 38.1 Å². The second-order valence-electron chi connectivity index (χ2n) is 12.2. The third kappa shape index (κ3) is 8.71. The highest BCUT2D eigenvalue weighted by atomic mass is 16.8. The van der Waals surface area contributed by atoms with Gasteiger partial charge in [-0.15, -0.1) is 0 Å². The van der Waals surface area contributed by atoms with Gasteiger partial charge in [-0.25, -0.2) is 9.59 Å². The summed E-state index contributed by atoms with van der Waals surface area (Å²) in [5.74, 6) is -2.29. The minimum absolute atomic E-state index is 0.0905. The molecule has 13 heteroatoms. The zero-order chi connectivity index (χ0) is 35.3. The van der Waals surface area contributed by atoms with Gasteiger partial charge in [0.2, 0.25) is 6.29 Å². The Balaban J connectivity index is 2.14. The number of carbonyl (C=O) groups is 3. The summed E-state index contributed by atoms with van der Waals surface area (Å²) < 4.78 is 41.6. The predicted molar refractivity (Wildman–Crippen MR) is 167 cm³/mol. The highest BCUT2D eigenvalue weighted by Gasteiger charge is 2.54. The van der Waals surface area contributed by atoms with E-state index in [0.717, 1.165) is 6.92 Å². The smallest absolute Gasteiger partial charge is 0.333 e. The molecule has 262 valence electrons. The molecule has 1 aromatic rings. The van der Waals surface area contributed by atoms with Crippen molar-refractivity contribution < 1.29 is 62.9 Å². The van der Waals surface area contributed by atoms with E-state index in [4.69, 9.17) is 33.2 Å². The summed E-state index contributed by atoms with van der Waals surface area (Å²) in [5.41, 5.74) is 1.69. The molecule has 2 aliphatic rings. The van der Waals surface area contributed by atoms with Crippen LogP contribution < -0.4 is 4.74 Å². The van der Waals surface area contributed by atoms with Crippen LogP contribution in [-0.4, -0.2) is 94.6 Å². The minimum atomic E-state index is -1.75. The van der Waals surface area contributed by atoms with E-state index in [1.54, 1.807) is 52.8 Å². The number of aliphatic hydroxyl groups excluding tert-OH is 2. The number of hydrogen-bond acceptors (Lipinski definition) is 13. The van der Waals surface area contributed by atoms with Crippen LogP contribution in [0.3, 0.4) is 0 Å². The highest BCUT2D eigenvalue weighted by Crippen LogP contribution is 2.41. The number of phenols is 1. The maximum atomic E-state index is 13.3. The van der Waals surface area contributed by atoms with Crippen molar-refractivity contribution in [1.29, 1.82) is 0 Å². The molecule has 0 bridgehead atoms. The van der Waals surface area contributed by atoms with Crippen LogP contribution in [-0.2, 0) is 42.8 Å². The topological polar surface area (TPSA) is 177 Å². The average molecular weight is 665 g/mol. The maximum absolute atomic E-state index is 13.3. The summed E-state index contributed by atoms with van der Waals surface area (Å²) in [6, 6.07) is 3.55. The number of benzene rings is 1. The third-order valence-electron chi connectivity index (χ3n) is 8.31. The molecule has 13 nitrogen and oxygen atoms in total. The van der Waals surface area contributed by atoms with Gasteiger partial charge < -0.3 is 48.5 Å². The molecule has 1 aromatic carbocycles. The zero-order valence-electron chi connectivity index (χ0n) is 28.6. The number of esters is 3. The van der Waals surface area contributed by atoms with Gasteiger partial charge in [0.25, 0.3) is 0 Å². The predicted octanol–water partition coefficient (Wildman–Crippen LogP) is 3.49. The largest absolute Gasteiger partial charge is 0.504 e. The number of phenolic OH excluding ortho intramolecular Hbond substituents is 1. The molecule has 0 aromatic heterocycles. The first-order chi connectivity index (χ1) is 22.0. The normalized spacial score (nSPS) is 31.7. The van der Waals surface area contributed by atoms with Crippen LogP contribution >= 0.6 is 0 Å². The van der Waals surface area contributed by atoms with Crippen molar-refractivity contribution in [3.05, 3.63) is 46.6 Å². The molecule has 0 aliphatic carbocycles. The molecular weight excluding hydrogens is 616 g/mol. The molecule has 0 spiro atoms. The first kappa shape index (κ1) is 38.0. The SMILES string of the molecule is CC=C(C)C(=O)OC1C(C)OC(Oc2c(C(C)C)ccc(C)c2O)C(OC(=O)C(C)=CC)C1OC1OC(C)C(OC(C)=O)C(O)C1O. The Hall–Kier alpha value is -3.49. The Kier molecular flexibility index (Phi) is 13.0. The fourth-order valence-electron chi connectivity index (χ4n) is 5.19. The average Bonchev–Trinajstić information content (AvgIpc) is 3.01. The Morgan fingerprint density at radius 2 is 1.32 bits per heavy atom. The molecule has 0 amide bonds. The summed E-state index contributed by atoms with van der Waals surface area (Å²) >= 11 is 0. The van der Waals surface area contributed by atoms with Crippen molar-refractivity contribution in [1.82, 2.24) is 0 Å². The Bertz CT molecular complexity index is 1350. The molecule has 10 unspecified atom stereocenters. The van der Waals surface area contributed by atoms with Crippen LogP contribution in [0, 0.1) is 6.92 Å². The van der Waals surface area contributed by atoms with Gasteiger partial charge in [0.05, 0.1) is 12.2 Å². The first-order valence-corrected chi connectivity index (χ1v) is 15.7. The molecule has 2 saturated heterocycles. The van der Waals surface area contributed by atoms with Crippen molar-refractivity contribution in [2.45, 2.75) is 137 Å². The van der Waals surface area contributed by atoms with Gasteiger partial charge in [-0.2, -0.15) is 0 Å². The van der Waals surface area contributed by atoms with E-state index in [0.29, 0.717) is 11.1 Å². The van der Waals surface area contributed by atoms with E-state index < -0.39 is 79.3 Å². The molecule has 10 atom stereocenters. The van der Waals surface area contributed by atoms with Gasteiger partial charge in [-0.3, -0.25) is 4.79 Å². The van der Waals surface area contributed by atoms with Crippen LogP contribution in [0.5, 0.6) is 11.5 Å². The summed E-state index contributed by atoms with van der Waals surface area (Å²) in [6.07, 6.45) is -10.5. The Labute approximate surface area is 275 Å². The lowest BCUT2D eigenvalue weighted by Crippen LogP contribution is -2.65. The fraction of sp³-hybridized carbons (Fsp3) is 0.618. The molecule has 3 N–H and O–H groups in total. The van der Waals surface area contributed by atoms with Gasteiger partial charge in [0, 0.05) is 23.6 Å². The van der Waals surface area contributed by atoms with Gasteiger partial charge in [-0.05, 0) is 59.9 Å². The lowest BCUT2D eigenvalue weighted by atomic mass is 9.96. The summed E-state index contributed by atoms with van der Waals surface area (Å²) in [4.78, 5) is 37.9. The monoisotopic (exact) mass is 664 g/mol. The maximum Gasteiger partial charge on any atom is 0.333 e. The van der Waals surface area contributed by atoms with Crippen molar-refractivity contribution in [2.24, 2.45) is 0 Å². The van der Waals surface area contributed by atoms with Crippen molar-refractivity contribution in [3.63, 3.8) is 0 Å². The van der Waals surface area contributed by atoms with E-state index in [2.05, 4.69) is 0 Å².